The van der Waals surface area contributed by atoms with Crippen LogP contribution in [0.3, 0.4) is 0 Å². The summed E-state index contributed by atoms with van der Waals surface area (Å²) >= 11 is 0. The topological polar surface area (TPSA) is 395 Å². The van der Waals surface area contributed by atoms with Crippen LogP contribution in [-0.2, 0) is 41.0 Å². The van der Waals surface area contributed by atoms with E-state index in [-0.39, 0.29) is 34.8 Å². The summed E-state index contributed by atoms with van der Waals surface area (Å²) in [4.78, 5) is 54.2. The minimum Gasteiger partial charge on any atom is -0.550 e. The number of carboxylic acids is 5. The van der Waals surface area contributed by atoms with E-state index in [1.165, 1.54) is 0 Å². The molecule has 0 aromatic carbocycles. The number of carbonyl (C=O) groups excluding carboxylic acids is 5. The van der Waals surface area contributed by atoms with Crippen LogP contribution in [0.2, 0.25) is 0 Å². The SMILES string of the molecule is NC(CC(=O)[O-])(CC(=O)[O-])C(CC(=O)[O-])(CC(=O)[O-])NCC(=O)[O-].NCCN.O.[Fe+3].[NH4+].[NH4+]. The smallest absolute Gasteiger partial charge is 0.550 e. The first-order chi connectivity index (χ1) is 12.7. The van der Waals surface area contributed by atoms with E-state index in [1.807, 2.05) is 5.32 Å². The van der Waals surface area contributed by atoms with Crippen molar-refractivity contribution >= 4 is 29.8 Å². The van der Waals surface area contributed by atoms with Crippen molar-refractivity contribution in [3.8, 4) is 0 Å². The van der Waals surface area contributed by atoms with Crippen LogP contribution in [-0.4, -0.2) is 66.0 Å². The third-order valence-electron chi connectivity index (χ3n) is 3.50. The summed E-state index contributed by atoms with van der Waals surface area (Å²) < 4.78 is 0. The zero-order valence-corrected chi connectivity index (χ0v) is 18.7. The van der Waals surface area contributed by atoms with Crippen molar-refractivity contribution in [2.24, 2.45) is 17.2 Å². The molecule has 0 aliphatic rings. The van der Waals surface area contributed by atoms with E-state index in [4.69, 9.17) is 17.2 Å². The van der Waals surface area contributed by atoms with Gasteiger partial charge in [-0.2, -0.15) is 0 Å². The minimum atomic E-state index is -2.61. The fourth-order valence-corrected chi connectivity index (χ4v) is 2.37. The number of aliphatic carboxylic acids is 5. The molecule has 18 heteroatoms. The van der Waals surface area contributed by atoms with Crippen LogP contribution in [0, 0.1) is 0 Å². The number of nitrogens with one attached hydrogen (secondary N) is 1. The number of carboxylic acid groups (broad SMARTS) is 5. The molecule has 0 saturated carbocycles. The maximum Gasteiger partial charge on any atom is 3.00 e. The molecule has 0 saturated heterocycles. The Kier molecular flexibility index (Phi) is 27.8. The molecule has 0 heterocycles. The van der Waals surface area contributed by atoms with Crippen LogP contribution in [0.4, 0.5) is 0 Å². The Morgan fingerprint density at radius 1 is 0.656 bits per heavy atom. The molecule has 0 aromatic heterocycles. The van der Waals surface area contributed by atoms with Gasteiger partial charge in [0.2, 0.25) is 0 Å². The van der Waals surface area contributed by atoms with Crippen LogP contribution in [0.1, 0.15) is 25.7 Å². The Hall–Kier alpha value is -2.41. The second-order valence-corrected chi connectivity index (χ2v) is 5.74. The Labute approximate surface area is 193 Å². The van der Waals surface area contributed by atoms with Gasteiger partial charge in [0.15, 0.2) is 0 Å². The number of rotatable bonds is 13. The van der Waals surface area contributed by atoms with E-state index in [2.05, 4.69) is 0 Å². The molecular formula is C14H31FeN6O11. The van der Waals surface area contributed by atoms with Gasteiger partial charge in [0, 0.05) is 80.3 Å². The van der Waals surface area contributed by atoms with Gasteiger partial charge in [-0.05, 0) is 0 Å². The van der Waals surface area contributed by atoms with E-state index in [0.717, 1.165) is 0 Å². The molecule has 32 heavy (non-hydrogen) atoms. The molecule has 0 bridgehead atoms. The fourth-order valence-electron chi connectivity index (χ4n) is 2.37. The number of nitrogens with two attached hydrogens (primary N) is 3. The van der Waals surface area contributed by atoms with Crippen molar-refractivity contribution in [3.05, 3.63) is 0 Å². The second-order valence-electron chi connectivity index (χ2n) is 5.74. The standard InChI is InChI=1S/C12H18N2O10.C2H8N2.Fe.2H3N.H2O/c13-11(1-6(15)16,2-7(17)18)12(3-8(19)20,4-9(21)22)14-5-10(23)24;3-1-2-4;;;;/h14H,1-5,13H2,(H,15,16)(H,17,18)(H,19,20)(H,21,22)(H,23,24);1-4H2;;2*1H3;1H2/q;;+3;;;/p-3. The van der Waals surface area contributed by atoms with Crippen LogP contribution >= 0.6 is 0 Å². The van der Waals surface area contributed by atoms with Gasteiger partial charge in [-0.1, -0.05) is 0 Å². The zero-order valence-electron chi connectivity index (χ0n) is 17.6. The minimum absolute atomic E-state index is 0. The third kappa shape index (κ3) is 17.3. The molecule has 17 N–H and O–H groups in total. The van der Waals surface area contributed by atoms with Crippen LogP contribution in [0.25, 0.3) is 0 Å². The van der Waals surface area contributed by atoms with Crippen molar-refractivity contribution in [1.29, 1.82) is 0 Å². The number of hydrogen-bond donors (Lipinski definition) is 6. The van der Waals surface area contributed by atoms with Crippen molar-refractivity contribution in [2.45, 2.75) is 36.8 Å². The van der Waals surface area contributed by atoms with Gasteiger partial charge in [-0.3, -0.25) is 0 Å². The van der Waals surface area contributed by atoms with Crippen molar-refractivity contribution in [2.75, 3.05) is 19.6 Å². The molecule has 191 valence electrons. The van der Waals surface area contributed by atoms with Crippen LogP contribution in [0.15, 0.2) is 0 Å². The monoisotopic (exact) mass is 515 g/mol. The average molecular weight is 515 g/mol. The number of carbonyl (C=O) groups is 5. The Bertz CT molecular complexity index is 560. The zero-order chi connectivity index (χ0) is 22.5. The van der Waals surface area contributed by atoms with Crippen LogP contribution < -0.4 is 60.4 Å². The summed E-state index contributed by atoms with van der Waals surface area (Å²) in [6.45, 7) is 0.0413. The molecule has 0 unspecified atom stereocenters. The van der Waals surface area contributed by atoms with E-state index >= 15 is 0 Å². The molecule has 0 aliphatic heterocycles. The summed E-state index contributed by atoms with van der Waals surface area (Å²) in [5.74, 6) is -9.59. The molecule has 17 nitrogen and oxygen atoms in total. The predicted molar refractivity (Wildman–Crippen MR) is 94.8 cm³/mol. The van der Waals surface area contributed by atoms with Gasteiger partial charge in [-0.15, -0.1) is 0 Å². The summed E-state index contributed by atoms with van der Waals surface area (Å²) in [5, 5.41) is 56.2. The molecule has 0 aromatic rings. The third-order valence-corrected chi connectivity index (χ3v) is 3.50. The Balaban J connectivity index is -0.000000194. The summed E-state index contributed by atoms with van der Waals surface area (Å²) in [5.41, 5.74) is 10.3. The Morgan fingerprint density at radius 2 is 0.938 bits per heavy atom. The molecule has 0 fully saturated rings. The second kappa shape index (κ2) is 20.5. The fraction of sp³-hybridized carbons (Fsp3) is 0.643. The van der Waals surface area contributed by atoms with Crippen LogP contribution in [0.5, 0.6) is 0 Å². The van der Waals surface area contributed by atoms with Gasteiger partial charge >= 0.3 is 17.1 Å². The van der Waals surface area contributed by atoms with Gasteiger partial charge in [-0.25, -0.2) is 0 Å². The quantitative estimate of drug-likeness (QED) is 0.124. The van der Waals surface area contributed by atoms with Crippen molar-refractivity contribution in [1.82, 2.24) is 17.6 Å². The molecular weight excluding hydrogens is 484 g/mol. The van der Waals surface area contributed by atoms with Crippen molar-refractivity contribution in [3.63, 3.8) is 0 Å². The molecule has 0 spiro atoms. The molecule has 0 rings (SSSR count). The first-order valence-corrected chi connectivity index (χ1v) is 7.68. The summed E-state index contributed by atoms with van der Waals surface area (Å²) in [6, 6.07) is 0. The van der Waals surface area contributed by atoms with Gasteiger partial charge < -0.3 is 89.8 Å². The molecule has 0 atom stereocenters. The van der Waals surface area contributed by atoms with Gasteiger partial charge in [0.1, 0.15) is 0 Å². The van der Waals surface area contributed by atoms with Gasteiger partial charge in [0.05, 0.1) is 5.97 Å². The van der Waals surface area contributed by atoms with E-state index in [0.29, 0.717) is 13.1 Å². The maximum atomic E-state index is 11.0. The van der Waals surface area contributed by atoms with Gasteiger partial charge in [0.25, 0.3) is 0 Å². The first-order valence-electron chi connectivity index (χ1n) is 7.68. The molecule has 0 amide bonds. The average Bonchev–Trinajstić information content (AvgIpc) is 2.50. The molecule has 0 aliphatic carbocycles. The Morgan fingerprint density at radius 3 is 1.12 bits per heavy atom. The largest absolute Gasteiger partial charge is 3.00 e. The number of hydrogen-bond acceptors (Lipinski definition) is 14. The van der Waals surface area contributed by atoms with Crippen molar-refractivity contribution < 1.29 is 72.1 Å². The van der Waals surface area contributed by atoms with E-state index in [1.54, 1.807) is 0 Å². The number of quaternary nitrogens is 2. The normalized spacial score (nSPS) is 9.72. The predicted octanol–water partition coefficient (Wildman–Crippen LogP) is -9.85. The van der Waals surface area contributed by atoms with E-state index < -0.39 is 73.2 Å². The summed E-state index contributed by atoms with van der Waals surface area (Å²) in [6.07, 6.45) is -5.29. The maximum absolute atomic E-state index is 11.0. The first kappa shape index (κ1) is 43.5. The summed E-state index contributed by atoms with van der Waals surface area (Å²) in [7, 11) is 0. The molecule has 1 radical (unpaired) electrons. The van der Waals surface area contributed by atoms with E-state index in [9.17, 15) is 49.5 Å².